The van der Waals surface area contributed by atoms with Crippen LogP contribution in [0.5, 0.6) is 0 Å². The van der Waals surface area contributed by atoms with Crippen molar-refractivity contribution in [3.8, 4) is 0 Å². The van der Waals surface area contributed by atoms with Crippen molar-refractivity contribution in [1.82, 2.24) is 15.1 Å². The van der Waals surface area contributed by atoms with Gasteiger partial charge in [-0.1, -0.05) is 37.1 Å². The minimum atomic E-state index is 0.286. The predicted octanol–water partition coefficient (Wildman–Crippen LogP) is 3.40. The number of carbonyl (C=O) groups excluding carboxylic acids is 1. The van der Waals surface area contributed by atoms with Gasteiger partial charge < -0.3 is 15.1 Å². The fourth-order valence-corrected chi connectivity index (χ4v) is 5.09. The van der Waals surface area contributed by atoms with E-state index in [-0.39, 0.29) is 5.91 Å². The molecular formula is C23H34N4O. The summed E-state index contributed by atoms with van der Waals surface area (Å²) in [6.45, 7) is 7.68. The van der Waals surface area contributed by atoms with Gasteiger partial charge in [-0.25, -0.2) is 4.99 Å². The van der Waals surface area contributed by atoms with Crippen LogP contribution in [0.3, 0.4) is 0 Å². The van der Waals surface area contributed by atoms with Crippen LogP contribution in [0, 0.1) is 11.8 Å². The topological polar surface area (TPSA) is 47.9 Å². The van der Waals surface area contributed by atoms with E-state index in [4.69, 9.17) is 4.99 Å². The number of hydrogen-bond donors (Lipinski definition) is 1. The van der Waals surface area contributed by atoms with E-state index in [2.05, 4.69) is 41.4 Å². The van der Waals surface area contributed by atoms with Crippen molar-refractivity contribution < 1.29 is 4.79 Å². The first-order valence-corrected chi connectivity index (χ1v) is 11.1. The second kappa shape index (κ2) is 8.97. The normalized spacial score (nSPS) is 25.3. The van der Waals surface area contributed by atoms with Crippen molar-refractivity contribution in [3.05, 3.63) is 35.4 Å². The van der Waals surface area contributed by atoms with E-state index in [0.29, 0.717) is 13.0 Å². The third kappa shape index (κ3) is 4.50. The molecule has 5 nitrogen and oxygen atoms in total. The van der Waals surface area contributed by atoms with E-state index in [9.17, 15) is 4.79 Å². The number of rotatable bonds is 5. The second-order valence-corrected chi connectivity index (χ2v) is 8.62. The van der Waals surface area contributed by atoms with E-state index in [1.807, 2.05) is 4.90 Å². The zero-order valence-corrected chi connectivity index (χ0v) is 17.2. The maximum absolute atomic E-state index is 11.9. The number of nitrogens with zero attached hydrogens (tertiary/aromatic N) is 3. The van der Waals surface area contributed by atoms with E-state index in [1.54, 1.807) is 0 Å². The van der Waals surface area contributed by atoms with Crippen molar-refractivity contribution in [2.75, 3.05) is 26.2 Å². The Kier molecular flexibility index (Phi) is 6.18. The Morgan fingerprint density at radius 3 is 2.57 bits per heavy atom. The molecule has 0 bridgehead atoms. The standard InChI is InChI=1S/C23H34N4O/c1-2-24-23(27-16-20-9-3-4-10-21(20)17-27)25-14-18-7-5-8-19(13-18)15-26-12-6-11-22(26)28/h5,7-8,13,20-21H,2-4,6,9-12,14-17H2,1H3,(H,24,25). The number of benzene rings is 1. The SMILES string of the molecule is CCNC(=NCc1cccc(CN2CCCC2=O)c1)N1CC2CCCCC2C1. The molecule has 5 heteroatoms. The van der Waals surface area contributed by atoms with Crippen LogP contribution in [-0.2, 0) is 17.9 Å². The highest BCUT2D eigenvalue weighted by Crippen LogP contribution is 2.36. The predicted molar refractivity (Wildman–Crippen MR) is 113 cm³/mol. The lowest BCUT2D eigenvalue weighted by Crippen LogP contribution is -2.40. The molecule has 1 amide bonds. The summed E-state index contributed by atoms with van der Waals surface area (Å²) in [6, 6.07) is 8.57. The molecule has 1 saturated carbocycles. The molecule has 0 aromatic heterocycles. The van der Waals surface area contributed by atoms with E-state index < -0.39 is 0 Å². The lowest BCUT2D eigenvalue weighted by atomic mass is 9.82. The van der Waals surface area contributed by atoms with Crippen molar-refractivity contribution in [1.29, 1.82) is 0 Å². The molecule has 152 valence electrons. The highest BCUT2D eigenvalue weighted by atomic mass is 16.2. The Balaban J connectivity index is 1.41. The number of likely N-dealkylation sites (tertiary alicyclic amines) is 2. The van der Waals surface area contributed by atoms with Gasteiger partial charge in [0.1, 0.15) is 0 Å². The fourth-order valence-electron chi connectivity index (χ4n) is 5.09. The number of aliphatic imine (C=N–C) groups is 1. The van der Waals surface area contributed by atoms with Crippen LogP contribution in [0.4, 0.5) is 0 Å². The maximum atomic E-state index is 11.9. The van der Waals surface area contributed by atoms with E-state index in [0.717, 1.165) is 56.9 Å². The lowest BCUT2D eigenvalue weighted by Gasteiger charge is -2.22. The molecule has 1 aromatic rings. The maximum Gasteiger partial charge on any atom is 0.222 e. The molecule has 1 N–H and O–H groups in total. The number of fused-ring (bicyclic) bond motifs is 1. The van der Waals surface area contributed by atoms with Crippen molar-refractivity contribution in [3.63, 3.8) is 0 Å². The summed E-state index contributed by atoms with van der Waals surface area (Å²) in [5, 5.41) is 3.51. The van der Waals surface area contributed by atoms with Gasteiger partial charge in [0.2, 0.25) is 5.91 Å². The van der Waals surface area contributed by atoms with Gasteiger partial charge in [0.25, 0.3) is 0 Å². The first kappa shape index (κ1) is 19.3. The Morgan fingerprint density at radius 1 is 1.14 bits per heavy atom. The molecule has 0 radical (unpaired) electrons. The Morgan fingerprint density at radius 2 is 1.89 bits per heavy atom. The minimum absolute atomic E-state index is 0.286. The largest absolute Gasteiger partial charge is 0.357 e. The highest BCUT2D eigenvalue weighted by Gasteiger charge is 2.35. The molecule has 1 aromatic carbocycles. The van der Waals surface area contributed by atoms with Gasteiger partial charge >= 0.3 is 0 Å². The monoisotopic (exact) mass is 382 g/mol. The van der Waals surface area contributed by atoms with Crippen LogP contribution in [0.25, 0.3) is 0 Å². The van der Waals surface area contributed by atoms with Gasteiger partial charge in [-0.15, -0.1) is 0 Å². The molecule has 2 aliphatic heterocycles. The molecule has 2 unspecified atom stereocenters. The van der Waals surface area contributed by atoms with Crippen molar-refractivity contribution in [2.24, 2.45) is 16.8 Å². The van der Waals surface area contributed by atoms with Crippen LogP contribution in [-0.4, -0.2) is 47.8 Å². The molecule has 2 heterocycles. The molecular weight excluding hydrogens is 348 g/mol. The molecule has 28 heavy (non-hydrogen) atoms. The molecule has 3 aliphatic rings. The zero-order chi connectivity index (χ0) is 19.3. The average molecular weight is 383 g/mol. The van der Waals surface area contributed by atoms with E-state index >= 15 is 0 Å². The summed E-state index contributed by atoms with van der Waals surface area (Å²) in [6.07, 6.45) is 7.26. The van der Waals surface area contributed by atoms with Gasteiger partial charge in [-0.3, -0.25) is 4.79 Å². The Hall–Kier alpha value is -2.04. The molecule has 2 saturated heterocycles. The van der Waals surface area contributed by atoms with E-state index in [1.165, 1.54) is 36.8 Å². The average Bonchev–Trinajstić information content (AvgIpc) is 3.31. The number of guanidine groups is 1. The van der Waals surface area contributed by atoms with Gasteiger partial charge in [-0.2, -0.15) is 0 Å². The Bertz CT molecular complexity index is 702. The van der Waals surface area contributed by atoms with Gasteiger partial charge in [0, 0.05) is 39.1 Å². The third-order valence-electron chi connectivity index (χ3n) is 6.56. The molecule has 0 spiro atoms. The van der Waals surface area contributed by atoms with Crippen LogP contribution >= 0.6 is 0 Å². The van der Waals surface area contributed by atoms with Crippen LogP contribution in [0.15, 0.2) is 29.3 Å². The van der Waals surface area contributed by atoms with Crippen molar-refractivity contribution >= 4 is 11.9 Å². The molecule has 2 atom stereocenters. The summed E-state index contributed by atoms with van der Waals surface area (Å²) in [5.41, 5.74) is 2.43. The van der Waals surface area contributed by atoms with Gasteiger partial charge in [0.15, 0.2) is 5.96 Å². The van der Waals surface area contributed by atoms with Gasteiger partial charge in [0.05, 0.1) is 6.54 Å². The zero-order valence-electron chi connectivity index (χ0n) is 17.2. The minimum Gasteiger partial charge on any atom is -0.357 e. The number of nitrogens with one attached hydrogen (secondary N) is 1. The first-order chi connectivity index (χ1) is 13.7. The second-order valence-electron chi connectivity index (χ2n) is 8.62. The fraction of sp³-hybridized carbons (Fsp3) is 0.652. The van der Waals surface area contributed by atoms with Crippen LogP contribution in [0.1, 0.15) is 56.6 Å². The molecule has 3 fully saturated rings. The quantitative estimate of drug-likeness (QED) is 0.627. The number of amides is 1. The Labute approximate surface area is 169 Å². The molecule has 4 rings (SSSR count). The third-order valence-corrected chi connectivity index (χ3v) is 6.56. The molecule has 1 aliphatic carbocycles. The number of hydrogen-bond acceptors (Lipinski definition) is 2. The first-order valence-electron chi connectivity index (χ1n) is 11.1. The summed E-state index contributed by atoms with van der Waals surface area (Å²) in [4.78, 5) is 21.3. The number of carbonyl (C=O) groups is 1. The summed E-state index contributed by atoms with van der Waals surface area (Å²) in [5.74, 6) is 3.07. The van der Waals surface area contributed by atoms with Gasteiger partial charge in [-0.05, 0) is 49.1 Å². The van der Waals surface area contributed by atoms with Crippen LogP contribution < -0.4 is 5.32 Å². The lowest BCUT2D eigenvalue weighted by molar-refractivity contribution is -0.128. The summed E-state index contributed by atoms with van der Waals surface area (Å²) < 4.78 is 0. The van der Waals surface area contributed by atoms with Crippen LogP contribution in [0.2, 0.25) is 0 Å². The smallest absolute Gasteiger partial charge is 0.222 e. The summed E-state index contributed by atoms with van der Waals surface area (Å²) in [7, 11) is 0. The summed E-state index contributed by atoms with van der Waals surface area (Å²) >= 11 is 0. The highest BCUT2D eigenvalue weighted by molar-refractivity contribution is 5.80. The van der Waals surface area contributed by atoms with Crippen molar-refractivity contribution in [2.45, 2.75) is 58.5 Å².